The molecule has 1 aromatic carbocycles. The average Bonchev–Trinajstić information content (AvgIpc) is 2.71. The van der Waals surface area contributed by atoms with Crippen LogP contribution in [0.2, 0.25) is 10.0 Å². The van der Waals surface area contributed by atoms with E-state index in [-0.39, 0.29) is 0 Å². The number of aryl methyl sites for hydroxylation is 1. The number of anilines is 1. The van der Waals surface area contributed by atoms with Crippen LogP contribution < -0.4 is 5.73 Å². The zero-order valence-corrected chi connectivity index (χ0v) is 10.3. The highest BCUT2D eigenvalue weighted by Crippen LogP contribution is 2.30. The fourth-order valence-electron chi connectivity index (χ4n) is 1.58. The largest absolute Gasteiger partial charge is 0.397 e. The molecule has 0 amide bonds. The Kier molecular flexibility index (Phi) is 3.08. The van der Waals surface area contributed by atoms with Gasteiger partial charge in [-0.25, -0.2) is 4.98 Å². The van der Waals surface area contributed by atoms with Gasteiger partial charge < -0.3 is 10.3 Å². The van der Waals surface area contributed by atoms with Crippen LogP contribution in [0, 0.1) is 0 Å². The molecule has 0 aliphatic heterocycles. The van der Waals surface area contributed by atoms with Gasteiger partial charge in [-0.3, -0.25) is 0 Å². The maximum Gasteiger partial charge on any atom is 0.112 e. The number of halogens is 2. The van der Waals surface area contributed by atoms with Crippen molar-refractivity contribution in [2.75, 3.05) is 5.73 Å². The third-order valence-corrected chi connectivity index (χ3v) is 3.08. The van der Waals surface area contributed by atoms with Crippen molar-refractivity contribution in [3.8, 4) is 5.69 Å². The molecular weight excluding hydrogens is 245 g/mol. The van der Waals surface area contributed by atoms with Gasteiger partial charge in [-0.1, -0.05) is 30.1 Å². The minimum Gasteiger partial charge on any atom is -0.397 e. The number of nitrogens with zero attached hydrogens (tertiary/aromatic N) is 2. The van der Waals surface area contributed by atoms with Crippen molar-refractivity contribution in [2.45, 2.75) is 13.3 Å². The molecule has 0 fully saturated rings. The zero-order valence-electron chi connectivity index (χ0n) is 8.74. The van der Waals surface area contributed by atoms with Crippen LogP contribution in [-0.4, -0.2) is 9.55 Å². The van der Waals surface area contributed by atoms with Crippen LogP contribution in [0.1, 0.15) is 12.7 Å². The van der Waals surface area contributed by atoms with Gasteiger partial charge in [-0.05, 0) is 12.1 Å². The van der Waals surface area contributed by atoms with Crippen molar-refractivity contribution in [3.63, 3.8) is 0 Å². The lowest BCUT2D eigenvalue weighted by molar-refractivity contribution is 0.893. The number of hydrogen-bond acceptors (Lipinski definition) is 2. The number of benzene rings is 1. The number of hydrogen-bond donors (Lipinski definition) is 1. The van der Waals surface area contributed by atoms with Gasteiger partial charge in [-0.15, -0.1) is 0 Å². The molecule has 16 heavy (non-hydrogen) atoms. The summed E-state index contributed by atoms with van der Waals surface area (Å²) in [6.07, 6.45) is 4.42. The van der Waals surface area contributed by atoms with Crippen molar-refractivity contribution in [2.24, 2.45) is 0 Å². The third-order valence-electron chi connectivity index (χ3n) is 2.36. The number of rotatable bonds is 2. The van der Waals surface area contributed by atoms with Gasteiger partial charge in [-0.2, -0.15) is 0 Å². The van der Waals surface area contributed by atoms with Crippen molar-refractivity contribution >= 4 is 28.9 Å². The Morgan fingerprint density at radius 1 is 1.31 bits per heavy atom. The summed E-state index contributed by atoms with van der Waals surface area (Å²) >= 11 is 11.9. The van der Waals surface area contributed by atoms with Crippen molar-refractivity contribution < 1.29 is 0 Å². The highest BCUT2D eigenvalue weighted by atomic mass is 35.5. The molecule has 3 nitrogen and oxygen atoms in total. The lowest BCUT2D eigenvalue weighted by Gasteiger charge is -2.10. The molecule has 0 radical (unpaired) electrons. The van der Waals surface area contributed by atoms with Gasteiger partial charge in [0.2, 0.25) is 0 Å². The molecule has 0 atom stereocenters. The van der Waals surface area contributed by atoms with E-state index in [1.165, 1.54) is 0 Å². The van der Waals surface area contributed by atoms with E-state index >= 15 is 0 Å². The summed E-state index contributed by atoms with van der Waals surface area (Å²) < 4.78 is 1.91. The van der Waals surface area contributed by atoms with Crippen LogP contribution in [0.3, 0.4) is 0 Å². The van der Waals surface area contributed by atoms with Gasteiger partial charge in [0.1, 0.15) is 5.82 Å². The molecule has 5 heteroatoms. The maximum atomic E-state index is 5.98. The lowest BCUT2D eigenvalue weighted by atomic mass is 10.2. The summed E-state index contributed by atoms with van der Waals surface area (Å²) in [5, 5.41) is 0.947. The molecule has 2 N–H and O–H groups in total. The molecule has 0 saturated carbocycles. The quantitative estimate of drug-likeness (QED) is 0.837. The Balaban J connectivity index is 2.60. The first-order valence-electron chi connectivity index (χ1n) is 4.90. The number of nitrogens with two attached hydrogens (primary N) is 1. The molecule has 0 bridgehead atoms. The second-order valence-corrected chi connectivity index (χ2v) is 4.21. The van der Waals surface area contributed by atoms with Gasteiger partial charge in [0.15, 0.2) is 0 Å². The molecule has 0 spiro atoms. The molecule has 2 rings (SSSR count). The number of imidazole rings is 1. The summed E-state index contributed by atoms with van der Waals surface area (Å²) in [6.45, 7) is 2.03. The Morgan fingerprint density at radius 2 is 2.00 bits per heavy atom. The van der Waals surface area contributed by atoms with E-state index in [1.807, 2.05) is 17.7 Å². The first kappa shape index (κ1) is 11.3. The molecule has 0 aliphatic carbocycles. The molecule has 0 aliphatic rings. The number of nitrogen functional groups attached to an aromatic ring is 1. The second kappa shape index (κ2) is 4.36. The predicted molar refractivity (Wildman–Crippen MR) is 67.4 cm³/mol. The molecular formula is C11H11Cl2N3. The van der Waals surface area contributed by atoms with Gasteiger partial charge in [0, 0.05) is 18.8 Å². The van der Waals surface area contributed by atoms with E-state index in [0.717, 1.165) is 17.9 Å². The summed E-state index contributed by atoms with van der Waals surface area (Å²) in [6, 6.07) is 3.40. The van der Waals surface area contributed by atoms with Crippen molar-refractivity contribution in [1.82, 2.24) is 9.55 Å². The molecule has 84 valence electrons. The lowest BCUT2D eigenvalue weighted by Crippen LogP contribution is -2.03. The molecule has 2 aromatic rings. The highest BCUT2D eigenvalue weighted by molar-refractivity contribution is 6.42. The summed E-state index contributed by atoms with van der Waals surface area (Å²) in [5.41, 5.74) is 7.31. The first-order valence-corrected chi connectivity index (χ1v) is 5.66. The maximum absolute atomic E-state index is 5.98. The Bertz CT molecular complexity index is 520. The third kappa shape index (κ3) is 1.88. The highest BCUT2D eigenvalue weighted by Gasteiger charge is 2.09. The molecule has 0 saturated heterocycles. The molecule has 1 aromatic heterocycles. The fourth-order valence-corrected chi connectivity index (χ4v) is 1.91. The van der Waals surface area contributed by atoms with Crippen LogP contribution >= 0.6 is 23.2 Å². The second-order valence-electron chi connectivity index (χ2n) is 3.39. The summed E-state index contributed by atoms with van der Waals surface area (Å²) in [7, 11) is 0. The van der Waals surface area contributed by atoms with E-state index in [9.17, 15) is 0 Å². The van der Waals surface area contributed by atoms with Crippen LogP contribution in [0.15, 0.2) is 24.5 Å². The minimum absolute atomic E-state index is 0.459. The van der Waals surface area contributed by atoms with Gasteiger partial charge in [0.25, 0.3) is 0 Å². The summed E-state index contributed by atoms with van der Waals surface area (Å²) in [4.78, 5) is 4.24. The van der Waals surface area contributed by atoms with Gasteiger partial charge in [0.05, 0.1) is 21.4 Å². The predicted octanol–water partition coefficient (Wildman–Crippen LogP) is 3.32. The topological polar surface area (TPSA) is 43.8 Å². The Hall–Kier alpha value is -1.19. The Labute approximate surface area is 104 Å². The van der Waals surface area contributed by atoms with E-state index in [0.29, 0.717) is 15.7 Å². The van der Waals surface area contributed by atoms with E-state index in [4.69, 9.17) is 28.9 Å². The first-order chi connectivity index (χ1) is 7.63. The standard InChI is InChI=1S/C11H11Cl2N3/c1-2-11-15-3-4-16(11)10-6-8(13)7(12)5-9(10)14/h3-6H,2,14H2,1H3. The van der Waals surface area contributed by atoms with Gasteiger partial charge >= 0.3 is 0 Å². The van der Waals surface area contributed by atoms with E-state index in [1.54, 1.807) is 18.3 Å². The van der Waals surface area contributed by atoms with E-state index < -0.39 is 0 Å². The van der Waals surface area contributed by atoms with Crippen molar-refractivity contribution in [3.05, 3.63) is 40.4 Å². The summed E-state index contributed by atoms with van der Waals surface area (Å²) in [5.74, 6) is 0.935. The van der Waals surface area contributed by atoms with Crippen LogP contribution in [0.5, 0.6) is 0 Å². The smallest absolute Gasteiger partial charge is 0.112 e. The van der Waals surface area contributed by atoms with Crippen LogP contribution in [-0.2, 0) is 6.42 Å². The normalized spacial score (nSPS) is 10.7. The zero-order chi connectivity index (χ0) is 11.7. The Morgan fingerprint density at radius 3 is 2.69 bits per heavy atom. The number of aromatic nitrogens is 2. The molecule has 0 unspecified atom stereocenters. The van der Waals surface area contributed by atoms with E-state index in [2.05, 4.69) is 4.98 Å². The SMILES string of the molecule is CCc1nccn1-c1cc(Cl)c(Cl)cc1N. The monoisotopic (exact) mass is 255 g/mol. The average molecular weight is 256 g/mol. The van der Waals surface area contributed by atoms with Crippen LogP contribution in [0.4, 0.5) is 5.69 Å². The van der Waals surface area contributed by atoms with Crippen molar-refractivity contribution in [1.29, 1.82) is 0 Å². The van der Waals surface area contributed by atoms with Crippen LogP contribution in [0.25, 0.3) is 5.69 Å². The fraction of sp³-hybridized carbons (Fsp3) is 0.182. The molecule has 1 heterocycles. The minimum atomic E-state index is 0.459.